The first-order valence-corrected chi connectivity index (χ1v) is 11.5. The third kappa shape index (κ3) is 5.77. The van der Waals surface area contributed by atoms with Crippen LogP contribution in [-0.4, -0.2) is 63.4 Å². The number of likely N-dealkylation sites (tertiary alicyclic amines) is 1. The topological polar surface area (TPSA) is 85.8 Å². The Morgan fingerprint density at radius 1 is 1.17 bits per heavy atom. The molecular weight excluding hydrogens is 513 g/mol. The number of hydrogen-bond acceptors (Lipinski definition) is 6. The smallest absolute Gasteiger partial charge is 0.422 e. The lowest BCUT2D eigenvalue weighted by Gasteiger charge is -2.39. The number of sulfone groups is 1. The number of amides is 1. The molecule has 1 aromatic heterocycles. The van der Waals surface area contributed by atoms with E-state index in [4.69, 9.17) is 9.47 Å². The summed E-state index contributed by atoms with van der Waals surface area (Å²) < 4.78 is 124. The van der Waals surface area contributed by atoms with Crippen molar-refractivity contribution in [2.24, 2.45) is 0 Å². The second-order valence-electron chi connectivity index (χ2n) is 7.64. The van der Waals surface area contributed by atoms with Gasteiger partial charge in [-0.3, -0.25) is 9.78 Å². The Balaban J connectivity index is 1.91. The highest BCUT2D eigenvalue weighted by molar-refractivity contribution is 7.90. The van der Waals surface area contributed by atoms with Crippen LogP contribution in [0.5, 0.6) is 11.5 Å². The first-order chi connectivity index (χ1) is 16.0. The molecule has 1 fully saturated rings. The summed E-state index contributed by atoms with van der Waals surface area (Å²) in [6.07, 6.45) is -8.32. The number of carbonyl (C=O) groups is 1. The Morgan fingerprint density at radius 3 is 2.29 bits per heavy atom. The molecule has 1 saturated heterocycles. The fraction of sp³-hybridized carbons (Fsp3) is 0.400. The molecule has 1 aliphatic rings. The van der Waals surface area contributed by atoms with Gasteiger partial charge in [-0.25, -0.2) is 12.8 Å². The van der Waals surface area contributed by atoms with Crippen molar-refractivity contribution in [2.75, 3.05) is 33.1 Å². The quantitative estimate of drug-likeness (QED) is 0.528. The fourth-order valence-electron chi connectivity index (χ4n) is 3.40. The maximum Gasteiger partial charge on any atom is 0.422 e. The van der Waals surface area contributed by atoms with Gasteiger partial charge in [-0.05, 0) is 18.2 Å². The summed E-state index contributed by atoms with van der Waals surface area (Å²) >= 11 is 0. The van der Waals surface area contributed by atoms with Crippen LogP contribution < -0.4 is 9.47 Å². The van der Waals surface area contributed by atoms with Crippen LogP contribution in [0, 0.1) is 5.82 Å². The Morgan fingerprint density at radius 2 is 1.80 bits per heavy atom. The molecule has 15 heteroatoms. The van der Waals surface area contributed by atoms with Crippen LogP contribution in [0.3, 0.4) is 0 Å². The Labute approximate surface area is 194 Å². The molecule has 0 radical (unpaired) electrons. The zero-order valence-corrected chi connectivity index (χ0v) is 18.8. The van der Waals surface area contributed by atoms with Gasteiger partial charge in [0.25, 0.3) is 5.91 Å². The number of halogens is 7. The van der Waals surface area contributed by atoms with Crippen molar-refractivity contribution in [2.45, 2.75) is 23.2 Å². The van der Waals surface area contributed by atoms with Crippen molar-refractivity contribution in [3.63, 3.8) is 0 Å². The van der Waals surface area contributed by atoms with Gasteiger partial charge in [0.1, 0.15) is 22.0 Å². The van der Waals surface area contributed by atoms with Crippen LogP contribution in [0.1, 0.15) is 27.5 Å². The molecule has 1 amide bonds. The number of nitrogens with zero attached hydrogens (tertiary/aromatic N) is 2. The average Bonchev–Trinajstić information content (AvgIpc) is 2.69. The second-order valence-corrected chi connectivity index (χ2v) is 9.63. The van der Waals surface area contributed by atoms with Crippen molar-refractivity contribution in [3.05, 3.63) is 47.0 Å². The minimum Gasteiger partial charge on any atom is -0.494 e. The molecule has 0 spiro atoms. The van der Waals surface area contributed by atoms with Gasteiger partial charge in [-0.15, -0.1) is 0 Å². The van der Waals surface area contributed by atoms with Crippen LogP contribution >= 0.6 is 0 Å². The molecule has 0 unspecified atom stereocenters. The zero-order chi connectivity index (χ0) is 26.3. The van der Waals surface area contributed by atoms with Crippen LogP contribution in [-0.2, 0) is 16.0 Å². The lowest BCUT2D eigenvalue weighted by molar-refractivity contribution is -0.153. The zero-order valence-electron chi connectivity index (χ0n) is 18.0. The Hall–Kier alpha value is -3.10. The summed E-state index contributed by atoms with van der Waals surface area (Å²) in [5, 5.41) is 0. The second kappa shape index (κ2) is 9.17. The summed E-state index contributed by atoms with van der Waals surface area (Å²) in [6.45, 7) is -2.28. The molecule has 3 rings (SSSR count). The molecule has 1 aromatic carbocycles. The van der Waals surface area contributed by atoms with Gasteiger partial charge >= 0.3 is 12.4 Å². The van der Waals surface area contributed by atoms with Gasteiger partial charge in [-0.2, -0.15) is 26.3 Å². The Bertz CT molecular complexity index is 1240. The minimum atomic E-state index is -4.80. The normalized spacial score (nSPS) is 15.1. The lowest BCUT2D eigenvalue weighted by Crippen LogP contribution is -2.49. The van der Waals surface area contributed by atoms with Gasteiger partial charge in [0, 0.05) is 31.5 Å². The number of methoxy groups -OCH3 is 1. The predicted octanol–water partition coefficient (Wildman–Crippen LogP) is 3.83. The van der Waals surface area contributed by atoms with Gasteiger partial charge < -0.3 is 14.4 Å². The summed E-state index contributed by atoms with van der Waals surface area (Å²) in [4.78, 5) is 17.2. The highest BCUT2D eigenvalue weighted by Gasteiger charge is 2.40. The van der Waals surface area contributed by atoms with Crippen molar-refractivity contribution in [1.29, 1.82) is 0 Å². The SMILES string of the molecule is COc1c(S(C)(=O)=O)ccc(OCC(F)(F)F)c1C(=O)N1CC(c2ncc(C(F)(F)F)cc2F)C1. The summed E-state index contributed by atoms with van der Waals surface area (Å²) in [7, 11) is -2.97. The van der Waals surface area contributed by atoms with E-state index in [2.05, 4.69) is 4.98 Å². The van der Waals surface area contributed by atoms with E-state index in [1.807, 2.05) is 0 Å². The summed E-state index contributed by atoms with van der Waals surface area (Å²) in [5.41, 5.74) is -2.22. The maximum absolute atomic E-state index is 14.2. The monoisotopic (exact) mass is 530 g/mol. The number of hydrogen-bond donors (Lipinski definition) is 0. The molecule has 0 N–H and O–H groups in total. The van der Waals surface area contributed by atoms with Gasteiger partial charge in [0.15, 0.2) is 22.2 Å². The van der Waals surface area contributed by atoms with Crippen molar-refractivity contribution in [1.82, 2.24) is 9.88 Å². The third-order valence-corrected chi connectivity index (χ3v) is 6.16. The van der Waals surface area contributed by atoms with Gasteiger partial charge in [0.05, 0.1) is 18.4 Å². The van der Waals surface area contributed by atoms with Crippen molar-refractivity contribution in [3.8, 4) is 11.5 Å². The molecular formula is C20H17F7N2O5S. The molecule has 0 bridgehead atoms. The fourth-order valence-corrected chi connectivity index (χ4v) is 4.24. The number of benzene rings is 1. The molecule has 7 nitrogen and oxygen atoms in total. The van der Waals surface area contributed by atoms with Crippen LogP contribution in [0.15, 0.2) is 29.3 Å². The molecule has 2 heterocycles. The van der Waals surface area contributed by atoms with E-state index >= 15 is 0 Å². The van der Waals surface area contributed by atoms with Crippen LogP contribution in [0.4, 0.5) is 30.7 Å². The molecule has 0 atom stereocenters. The summed E-state index contributed by atoms with van der Waals surface area (Å²) in [6, 6.07) is 2.08. The number of aromatic nitrogens is 1. The molecule has 2 aromatic rings. The Kier molecular flexibility index (Phi) is 6.94. The molecule has 1 aliphatic heterocycles. The van der Waals surface area contributed by atoms with E-state index in [0.29, 0.717) is 6.20 Å². The minimum absolute atomic E-state index is 0.251. The number of pyridine rings is 1. The third-order valence-electron chi connectivity index (χ3n) is 5.04. The molecule has 0 saturated carbocycles. The first kappa shape index (κ1) is 26.5. The van der Waals surface area contributed by atoms with Crippen molar-refractivity contribution < 1.29 is 53.4 Å². The molecule has 35 heavy (non-hydrogen) atoms. The standard InChI is InChI=1S/C20H17F7N2O5S/c1-33-17-14(35(2,31)32)4-3-13(34-9-19(22,23)24)15(17)18(30)29-7-10(8-29)16-12(21)5-11(6-28-16)20(25,26)27/h3-6,10H,7-9H2,1-2H3. The van der Waals surface area contributed by atoms with Gasteiger partial charge in [-0.1, -0.05) is 0 Å². The highest BCUT2D eigenvalue weighted by atomic mass is 32.2. The molecule has 0 aliphatic carbocycles. The van der Waals surface area contributed by atoms with E-state index in [0.717, 1.165) is 30.4 Å². The first-order valence-electron chi connectivity index (χ1n) is 9.65. The van der Waals surface area contributed by atoms with Crippen LogP contribution in [0.25, 0.3) is 0 Å². The van der Waals surface area contributed by atoms with E-state index in [9.17, 15) is 43.9 Å². The van der Waals surface area contributed by atoms with E-state index < -0.39 is 74.0 Å². The van der Waals surface area contributed by atoms with Crippen LogP contribution in [0.2, 0.25) is 0 Å². The van der Waals surface area contributed by atoms with Crippen molar-refractivity contribution >= 4 is 15.7 Å². The average molecular weight is 530 g/mol. The number of rotatable bonds is 6. The predicted molar refractivity (Wildman–Crippen MR) is 105 cm³/mol. The number of ether oxygens (including phenoxy) is 2. The highest BCUT2D eigenvalue weighted by Crippen LogP contribution is 2.39. The van der Waals surface area contributed by atoms with E-state index in [1.54, 1.807) is 0 Å². The largest absolute Gasteiger partial charge is 0.494 e. The molecule has 192 valence electrons. The van der Waals surface area contributed by atoms with E-state index in [-0.39, 0.29) is 24.8 Å². The number of carbonyl (C=O) groups excluding carboxylic acids is 1. The summed E-state index contributed by atoms with van der Waals surface area (Å²) in [5.74, 6) is -4.15. The van der Waals surface area contributed by atoms with Gasteiger partial charge in [0.2, 0.25) is 0 Å². The number of alkyl halides is 6. The maximum atomic E-state index is 14.2. The van der Waals surface area contributed by atoms with E-state index in [1.165, 1.54) is 0 Å². The lowest BCUT2D eigenvalue weighted by atomic mass is 9.93.